The number of rotatable bonds is 3. The highest BCUT2D eigenvalue weighted by Crippen LogP contribution is 2.32. The van der Waals surface area contributed by atoms with Crippen molar-refractivity contribution in [3.05, 3.63) is 24.0 Å². The third-order valence-corrected chi connectivity index (χ3v) is 6.74. The molecular formula is C17H18FN3O2S2. The molecule has 3 heterocycles. The van der Waals surface area contributed by atoms with Crippen LogP contribution in [0.1, 0.15) is 19.3 Å². The van der Waals surface area contributed by atoms with Gasteiger partial charge in [-0.3, -0.25) is 9.59 Å². The standard InChI is InChI=1S/C17H18FN3O2S2/c18-11-3-4-12-14(8-11)25-17(20-12)21-6-1-2-10(9-21)15(22)19-13-5-7-24-16(13)23/h3-4,8,10,13H,1-2,5-7,9H2,(H,19,22). The van der Waals surface area contributed by atoms with E-state index in [0.29, 0.717) is 6.54 Å². The van der Waals surface area contributed by atoms with Crippen molar-refractivity contribution >= 4 is 49.5 Å². The lowest BCUT2D eigenvalue weighted by molar-refractivity contribution is -0.128. The van der Waals surface area contributed by atoms with Gasteiger partial charge in [0.25, 0.3) is 0 Å². The summed E-state index contributed by atoms with van der Waals surface area (Å²) in [6.07, 6.45) is 2.43. The summed E-state index contributed by atoms with van der Waals surface area (Å²) in [7, 11) is 0. The van der Waals surface area contributed by atoms with Crippen molar-refractivity contribution in [3.8, 4) is 0 Å². The summed E-state index contributed by atoms with van der Waals surface area (Å²) in [5, 5.41) is 3.79. The van der Waals surface area contributed by atoms with E-state index in [1.807, 2.05) is 0 Å². The van der Waals surface area contributed by atoms with Crippen molar-refractivity contribution in [2.24, 2.45) is 5.92 Å². The first-order valence-corrected chi connectivity index (χ1v) is 10.2. The Balaban J connectivity index is 1.46. The normalized spacial score (nSPS) is 24.0. The van der Waals surface area contributed by atoms with E-state index in [0.717, 1.165) is 46.9 Å². The molecule has 1 amide bonds. The van der Waals surface area contributed by atoms with Crippen LogP contribution in [0.3, 0.4) is 0 Å². The number of carbonyl (C=O) groups excluding carboxylic acids is 2. The molecule has 8 heteroatoms. The van der Waals surface area contributed by atoms with Gasteiger partial charge in [0.1, 0.15) is 5.82 Å². The Morgan fingerprint density at radius 2 is 2.24 bits per heavy atom. The van der Waals surface area contributed by atoms with E-state index in [1.165, 1.54) is 35.2 Å². The molecule has 5 nitrogen and oxygen atoms in total. The smallest absolute Gasteiger partial charge is 0.225 e. The Bertz CT molecular complexity index is 825. The molecule has 2 aromatic rings. The van der Waals surface area contributed by atoms with Crippen LogP contribution in [0, 0.1) is 11.7 Å². The summed E-state index contributed by atoms with van der Waals surface area (Å²) < 4.78 is 14.2. The number of hydrogen-bond acceptors (Lipinski definition) is 6. The number of thioether (sulfide) groups is 1. The maximum Gasteiger partial charge on any atom is 0.225 e. The van der Waals surface area contributed by atoms with Crippen molar-refractivity contribution < 1.29 is 14.0 Å². The minimum Gasteiger partial charge on any atom is -0.347 e. The first kappa shape index (κ1) is 16.8. The van der Waals surface area contributed by atoms with Gasteiger partial charge in [0.15, 0.2) is 5.13 Å². The number of amides is 1. The molecule has 2 atom stereocenters. The third kappa shape index (κ3) is 3.50. The van der Waals surface area contributed by atoms with Gasteiger partial charge in [0, 0.05) is 18.8 Å². The summed E-state index contributed by atoms with van der Waals surface area (Å²) in [6, 6.07) is 4.25. The van der Waals surface area contributed by atoms with Crippen LogP contribution in [0.2, 0.25) is 0 Å². The monoisotopic (exact) mass is 379 g/mol. The maximum absolute atomic E-state index is 13.4. The second-order valence-corrected chi connectivity index (χ2v) is 8.52. The fourth-order valence-electron chi connectivity index (χ4n) is 3.30. The number of aromatic nitrogens is 1. The first-order valence-electron chi connectivity index (χ1n) is 8.38. The van der Waals surface area contributed by atoms with E-state index in [1.54, 1.807) is 6.07 Å². The van der Waals surface area contributed by atoms with Crippen LogP contribution >= 0.6 is 23.1 Å². The zero-order chi connectivity index (χ0) is 17.4. The molecule has 2 aliphatic rings. The molecule has 2 unspecified atom stereocenters. The van der Waals surface area contributed by atoms with Crippen LogP contribution < -0.4 is 10.2 Å². The van der Waals surface area contributed by atoms with Crippen LogP contribution in [0.5, 0.6) is 0 Å². The molecule has 132 valence electrons. The SMILES string of the molecule is O=C(NC1CCSC1=O)C1CCCN(c2nc3ccc(F)cc3s2)C1. The molecule has 0 saturated carbocycles. The molecule has 0 bridgehead atoms. The Hall–Kier alpha value is -1.67. The molecule has 0 spiro atoms. The number of nitrogens with zero attached hydrogens (tertiary/aromatic N) is 2. The summed E-state index contributed by atoms with van der Waals surface area (Å²) in [5.74, 6) is 0.328. The van der Waals surface area contributed by atoms with Crippen molar-refractivity contribution in [2.75, 3.05) is 23.7 Å². The number of thiazole rings is 1. The highest BCUT2D eigenvalue weighted by atomic mass is 32.2. The van der Waals surface area contributed by atoms with Crippen LogP contribution in [0.15, 0.2) is 18.2 Å². The quantitative estimate of drug-likeness (QED) is 0.889. The zero-order valence-corrected chi connectivity index (χ0v) is 15.2. The topological polar surface area (TPSA) is 62.3 Å². The van der Waals surface area contributed by atoms with Gasteiger partial charge in [-0.1, -0.05) is 23.1 Å². The number of fused-ring (bicyclic) bond motifs is 1. The number of carbonyl (C=O) groups is 2. The minimum absolute atomic E-state index is 0.0438. The van der Waals surface area contributed by atoms with Gasteiger partial charge in [0.2, 0.25) is 11.0 Å². The summed E-state index contributed by atoms with van der Waals surface area (Å²) in [4.78, 5) is 30.9. The van der Waals surface area contributed by atoms with Gasteiger partial charge in [0.05, 0.1) is 22.2 Å². The summed E-state index contributed by atoms with van der Waals surface area (Å²) in [6.45, 7) is 1.42. The van der Waals surface area contributed by atoms with E-state index in [-0.39, 0.29) is 28.8 Å². The molecule has 1 aromatic carbocycles. The molecule has 2 saturated heterocycles. The van der Waals surface area contributed by atoms with Gasteiger partial charge in [-0.25, -0.2) is 9.37 Å². The van der Waals surface area contributed by atoms with Gasteiger partial charge in [-0.2, -0.15) is 0 Å². The van der Waals surface area contributed by atoms with Gasteiger partial charge in [-0.15, -0.1) is 0 Å². The summed E-state index contributed by atoms with van der Waals surface area (Å²) in [5.41, 5.74) is 0.779. The highest BCUT2D eigenvalue weighted by Gasteiger charge is 2.32. The molecule has 0 aliphatic carbocycles. The summed E-state index contributed by atoms with van der Waals surface area (Å²) >= 11 is 2.74. The van der Waals surface area contributed by atoms with Gasteiger partial charge in [-0.05, 0) is 37.5 Å². The second-order valence-electron chi connectivity index (χ2n) is 6.41. The first-order chi connectivity index (χ1) is 12.1. The molecule has 4 rings (SSSR count). The molecule has 2 aliphatic heterocycles. The van der Waals surface area contributed by atoms with Crippen LogP contribution in [-0.2, 0) is 9.59 Å². The fourth-order valence-corrected chi connectivity index (χ4v) is 5.26. The molecule has 0 radical (unpaired) electrons. The van der Waals surface area contributed by atoms with Crippen LogP contribution in [-0.4, -0.2) is 40.9 Å². The number of benzene rings is 1. The van der Waals surface area contributed by atoms with E-state index >= 15 is 0 Å². The Morgan fingerprint density at radius 3 is 3.04 bits per heavy atom. The lowest BCUT2D eigenvalue weighted by Gasteiger charge is -2.32. The van der Waals surface area contributed by atoms with Crippen molar-refractivity contribution in [3.63, 3.8) is 0 Å². The molecule has 1 aromatic heterocycles. The number of piperidine rings is 1. The highest BCUT2D eigenvalue weighted by molar-refractivity contribution is 8.14. The lowest BCUT2D eigenvalue weighted by atomic mass is 9.97. The van der Waals surface area contributed by atoms with Crippen LogP contribution in [0.4, 0.5) is 9.52 Å². The van der Waals surface area contributed by atoms with Crippen molar-refractivity contribution in [2.45, 2.75) is 25.3 Å². The van der Waals surface area contributed by atoms with Gasteiger partial charge >= 0.3 is 0 Å². The number of anilines is 1. The van der Waals surface area contributed by atoms with E-state index < -0.39 is 0 Å². The average molecular weight is 379 g/mol. The molecular weight excluding hydrogens is 361 g/mol. The predicted molar refractivity (Wildman–Crippen MR) is 98.5 cm³/mol. The Morgan fingerprint density at radius 1 is 1.36 bits per heavy atom. The largest absolute Gasteiger partial charge is 0.347 e. The van der Waals surface area contributed by atoms with Crippen molar-refractivity contribution in [1.82, 2.24) is 10.3 Å². The Labute approximate surface area is 153 Å². The van der Waals surface area contributed by atoms with E-state index in [2.05, 4.69) is 15.2 Å². The molecule has 2 fully saturated rings. The maximum atomic E-state index is 13.4. The molecule has 25 heavy (non-hydrogen) atoms. The Kier molecular flexibility index (Phi) is 4.64. The number of halogens is 1. The van der Waals surface area contributed by atoms with Crippen LogP contribution in [0.25, 0.3) is 10.2 Å². The van der Waals surface area contributed by atoms with E-state index in [4.69, 9.17) is 0 Å². The predicted octanol–water partition coefficient (Wildman–Crippen LogP) is 2.80. The van der Waals surface area contributed by atoms with E-state index in [9.17, 15) is 14.0 Å². The number of hydrogen-bond donors (Lipinski definition) is 1. The lowest BCUT2D eigenvalue weighted by Crippen LogP contribution is -2.47. The fraction of sp³-hybridized carbons (Fsp3) is 0.471. The molecule has 1 N–H and O–H groups in total. The minimum atomic E-state index is -0.335. The number of nitrogens with one attached hydrogen (secondary N) is 1. The van der Waals surface area contributed by atoms with Crippen molar-refractivity contribution in [1.29, 1.82) is 0 Å². The zero-order valence-electron chi connectivity index (χ0n) is 13.5. The van der Waals surface area contributed by atoms with Gasteiger partial charge < -0.3 is 10.2 Å². The average Bonchev–Trinajstić information content (AvgIpc) is 3.21. The second kappa shape index (κ2) is 6.92. The third-order valence-electron chi connectivity index (χ3n) is 4.65.